The van der Waals surface area contributed by atoms with Gasteiger partial charge in [0.1, 0.15) is 18.3 Å². The van der Waals surface area contributed by atoms with Crippen molar-refractivity contribution in [2.75, 3.05) is 12.3 Å². The van der Waals surface area contributed by atoms with Gasteiger partial charge in [-0.05, 0) is 48.5 Å². The number of thiol groups is 1. The third-order valence-electron chi connectivity index (χ3n) is 5.85. The van der Waals surface area contributed by atoms with Crippen molar-refractivity contribution in [1.82, 2.24) is 19.5 Å². The van der Waals surface area contributed by atoms with Crippen molar-refractivity contribution < 1.29 is 29.8 Å². The first-order valence-electron chi connectivity index (χ1n) is 11.2. The summed E-state index contributed by atoms with van der Waals surface area (Å²) in [4.78, 5) is 39.2. The summed E-state index contributed by atoms with van der Waals surface area (Å²) < 4.78 is 28.8. The average molecular weight is 594 g/mol. The van der Waals surface area contributed by atoms with Crippen LogP contribution in [0.25, 0.3) is 11.2 Å². The van der Waals surface area contributed by atoms with Crippen LogP contribution in [0.15, 0.2) is 78.1 Å². The van der Waals surface area contributed by atoms with E-state index in [0.29, 0.717) is 0 Å². The Kier molecular flexibility index (Phi) is 6.83. The second kappa shape index (κ2) is 10.0. The topological polar surface area (TPSA) is 178 Å². The Bertz CT molecular complexity index is 1620. The largest absolute Gasteiger partial charge is 1.00 e. The molecule has 2 aromatic heterocycles. The van der Waals surface area contributed by atoms with Gasteiger partial charge in [-0.15, -0.1) is 12.6 Å². The molecule has 5 atom stereocenters. The van der Waals surface area contributed by atoms with E-state index in [2.05, 4.69) is 27.6 Å². The first kappa shape index (κ1) is 25.9. The monoisotopic (exact) mass is 593 g/mol. The molecule has 38 heavy (non-hydrogen) atoms. The van der Waals surface area contributed by atoms with Crippen molar-refractivity contribution >= 4 is 61.1 Å². The number of nitrogens with one attached hydrogen (secondary N) is 1. The molecule has 0 amide bonds. The average Bonchev–Trinajstić information content (AvgIpc) is 3.38. The molecule has 4 heterocycles. The van der Waals surface area contributed by atoms with Crippen molar-refractivity contribution in [3.05, 3.63) is 58.9 Å². The summed E-state index contributed by atoms with van der Waals surface area (Å²) in [5.74, 6) is -0.152. The van der Waals surface area contributed by atoms with Gasteiger partial charge in [0.15, 0.2) is 22.5 Å². The van der Waals surface area contributed by atoms with Gasteiger partial charge in [-0.2, -0.15) is 4.98 Å². The number of nitrogens with zero attached hydrogens (tertiary/aromatic N) is 3. The van der Waals surface area contributed by atoms with Crippen LogP contribution in [0.4, 0.5) is 5.95 Å². The Balaban J connectivity index is 0.00000308. The van der Waals surface area contributed by atoms with Gasteiger partial charge in [0, 0.05) is 19.6 Å². The molecule has 2 aromatic carbocycles. The minimum atomic E-state index is -4.58. The third kappa shape index (κ3) is 5.01. The number of ether oxygens (including phenoxy) is 1. The van der Waals surface area contributed by atoms with Gasteiger partial charge in [-0.1, -0.05) is 23.5 Å². The lowest BCUT2D eigenvalue weighted by atomic mass is 10.1. The number of anilines is 1. The highest BCUT2D eigenvalue weighted by Gasteiger charge is 2.51. The number of benzene rings is 2. The van der Waals surface area contributed by atoms with Gasteiger partial charge < -0.3 is 29.5 Å². The molecule has 3 unspecified atom stereocenters. The Morgan fingerprint density at radius 1 is 1.13 bits per heavy atom. The fraction of sp³-hybridized carbons (Fsp3) is 0.227. The number of imidazole rings is 1. The molecular weight excluding hydrogens is 573 g/mol. The molecule has 2 fully saturated rings. The predicted molar refractivity (Wildman–Crippen MR) is 140 cm³/mol. The van der Waals surface area contributed by atoms with Crippen molar-refractivity contribution in [2.24, 2.45) is 0 Å². The lowest BCUT2D eigenvalue weighted by Crippen LogP contribution is -2.41. The highest BCUT2D eigenvalue weighted by atomic mass is 32.2. The molecule has 198 valence electrons. The summed E-state index contributed by atoms with van der Waals surface area (Å²) in [6.45, 7) is -0.319. The predicted octanol–water partition coefficient (Wildman–Crippen LogP) is 2.55. The van der Waals surface area contributed by atoms with Crippen LogP contribution in [0.5, 0.6) is 0 Å². The Labute approximate surface area is 230 Å². The number of phosphoric ester groups is 1. The maximum Gasteiger partial charge on any atom is 1.00 e. The fourth-order valence-corrected chi connectivity index (χ4v) is 6.98. The zero-order valence-corrected chi connectivity index (χ0v) is 22.6. The number of H-pyrrole nitrogens is 1. The number of aliphatic hydroxyl groups excluding tert-OH is 1. The first-order chi connectivity index (χ1) is 18.2. The lowest BCUT2D eigenvalue weighted by Gasteiger charge is -2.34. The smallest absolute Gasteiger partial charge is 0.756 e. The Morgan fingerprint density at radius 2 is 1.76 bits per heavy atom. The van der Waals surface area contributed by atoms with Crippen LogP contribution >= 0.6 is 44.0 Å². The van der Waals surface area contributed by atoms with Crippen LogP contribution in [0.3, 0.4) is 0 Å². The first-order valence-corrected chi connectivity index (χ1v) is 14.7. The van der Waals surface area contributed by atoms with Gasteiger partial charge in [-0.3, -0.25) is 18.9 Å². The summed E-state index contributed by atoms with van der Waals surface area (Å²) >= 11 is 7.12. The highest BCUT2D eigenvalue weighted by molar-refractivity contribution is 7.99. The van der Waals surface area contributed by atoms with Gasteiger partial charge in [-0.25, -0.2) is 4.98 Å². The maximum absolute atomic E-state index is 12.6. The molecule has 2 aliphatic rings. The Morgan fingerprint density at radius 3 is 2.45 bits per heavy atom. The van der Waals surface area contributed by atoms with Gasteiger partial charge >= 0.3 is 1.43 Å². The molecular formula is C22H20N5O7PS3. The Hall–Kier alpha value is -2.33. The van der Waals surface area contributed by atoms with Crippen molar-refractivity contribution in [1.29, 1.82) is 0 Å². The quantitative estimate of drug-likeness (QED) is 0.197. The van der Waals surface area contributed by atoms with Gasteiger partial charge in [0.25, 0.3) is 13.4 Å². The zero-order valence-electron chi connectivity index (χ0n) is 20.2. The fourth-order valence-electron chi connectivity index (χ4n) is 4.16. The normalized spacial score (nSPS) is 27.0. The second-order valence-electron chi connectivity index (χ2n) is 8.43. The van der Waals surface area contributed by atoms with E-state index < -0.39 is 37.9 Å². The number of hydrogen-bond acceptors (Lipinski definition) is 13. The van der Waals surface area contributed by atoms with E-state index in [1.807, 2.05) is 48.5 Å². The van der Waals surface area contributed by atoms with E-state index in [1.54, 1.807) is 11.8 Å². The number of nitrogen functional groups attached to an aromatic ring is 1. The molecule has 0 aliphatic carbocycles. The van der Waals surface area contributed by atoms with Gasteiger partial charge in [0.2, 0.25) is 5.95 Å². The zero-order chi connectivity index (χ0) is 26.6. The number of aliphatic hydroxyl groups is 1. The number of aromatic amines is 1. The van der Waals surface area contributed by atoms with E-state index in [1.165, 1.54) is 16.3 Å². The summed E-state index contributed by atoms with van der Waals surface area (Å²) in [5.41, 5.74) is 5.27. The molecule has 16 heteroatoms. The standard InChI is InChI=1S/C22H20N5O7PS3/c23-21-25-18-15(19(29)26-21)24-22(27(18)20-16(28)17-14(33-20)9-32-35(30,31)34-17)38-13-7-5-12(6-8-13)37-11-3-1-10(36)2-4-11/h1-8,14,16-17,20,28,36H,9H2,(H,30,31)(H3,23,25,26,29)/t14?,16?,17-,20-/m1/s1. The summed E-state index contributed by atoms with van der Waals surface area (Å²) in [5, 5.41) is 11.3. The third-order valence-corrected chi connectivity index (χ3v) is 9.11. The maximum atomic E-state index is 12.6. The van der Waals surface area contributed by atoms with E-state index >= 15 is 0 Å². The van der Waals surface area contributed by atoms with Crippen LogP contribution in [-0.2, 0) is 18.3 Å². The van der Waals surface area contributed by atoms with E-state index in [0.717, 1.165) is 19.6 Å². The van der Waals surface area contributed by atoms with Crippen LogP contribution in [0, 0.1) is 0 Å². The number of hydrogen-bond donors (Lipinski definition) is 4. The number of nitrogens with two attached hydrogens (primary N) is 1. The molecule has 4 aromatic rings. The molecule has 2 aliphatic heterocycles. The molecule has 2 saturated heterocycles. The van der Waals surface area contributed by atoms with Crippen LogP contribution in [0.1, 0.15) is 7.65 Å². The van der Waals surface area contributed by atoms with Crippen LogP contribution in [-0.4, -0.2) is 49.5 Å². The number of rotatable bonds is 5. The van der Waals surface area contributed by atoms with Crippen LogP contribution in [0.2, 0.25) is 0 Å². The van der Waals surface area contributed by atoms with Crippen molar-refractivity contribution in [3.63, 3.8) is 0 Å². The van der Waals surface area contributed by atoms with E-state index in [4.69, 9.17) is 19.5 Å². The summed E-state index contributed by atoms with van der Waals surface area (Å²) in [6.07, 6.45) is -4.65. The molecule has 6 rings (SSSR count). The second-order valence-corrected chi connectivity index (χ2v) is 12.5. The molecule has 12 nitrogen and oxygen atoms in total. The minimum Gasteiger partial charge on any atom is -0.756 e. The van der Waals surface area contributed by atoms with Crippen molar-refractivity contribution in [3.8, 4) is 0 Å². The SMILES string of the molecule is Nc1nc2c(nc(Sc3ccc(Sc4ccc(S)cc4)cc3)n2[C@@H]2OC3COP(=O)([O-])O[C@H]3C2O)c(=O)[nH]1.[H+]. The van der Waals surface area contributed by atoms with E-state index in [9.17, 15) is 19.4 Å². The molecule has 0 bridgehead atoms. The number of phosphoric acid groups is 1. The molecule has 0 spiro atoms. The summed E-state index contributed by atoms with van der Waals surface area (Å²) in [7, 11) is -4.58. The van der Waals surface area contributed by atoms with Gasteiger partial charge in [0.05, 0.1) is 6.61 Å². The molecule has 4 N–H and O–H groups in total. The van der Waals surface area contributed by atoms with Crippen LogP contribution < -0.4 is 16.2 Å². The highest BCUT2D eigenvalue weighted by Crippen LogP contribution is 2.50. The number of aromatic nitrogens is 4. The molecule has 0 radical (unpaired) electrons. The lowest BCUT2D eigenvalue weighted by molar-refractivity contribution is -0.245. The number of fused-ring (bicyclic) bond motifs is 2. The molecule has 0 saturated carbocycles. The van der Waals surface area contributed by atoms with E-state index in [-0.39, 0.29) is 30.3 Å². The van der Waals surface area contributed by atoms with Crippen molar-refractivity contribution in [2.45, 2.75) is 49.3 Å². The summed E-state index contributed by atoms with van der Waals surface area (Å²) in [6, 6.07) is 15.5. The minimum absolute atomic E-state index is 0.